The standard InChI is InChI=1S/C15H21F3N2O/c16-15(17,18)10-20-6-4-11(9-20)8-19-13-2-1-3-14-12(13)5-7-21-14/h5,7,11,13,19H,1-4,6,8-10H2. The zero-order valence-corrected chi connectivity index (χ0v) is 12.0. The van der Waals surface area contributed by atoms with E-state index in [1.165, 1.54) is 10.5 Å². The minimum Gasteiger partial charge on any atom is -0.469 e. The monoisotopic (exact) mass is 302 g/mol. The maximum absolute atomic E-state index is 12.4. The fourth-order valence-electron chi connectivity index (χ4n) is 3.48. The zero-order valence-electron chi connectivity index (χ0n) is 12.0. The Labute approximate surface area is 122 Å². The molecular formula is C15H21F3N2O. The van der Waals surface area contributed by atoms with Crippen molar-refractivity contribution in [3.63, 3.8) is 0 Å². The van der Waals surface area contributed by atoms with Crippen molar-refractivity contribution >= 4 is 0 Å². The summed E-state index contributed by atoms with van der Waals surface area (Å²) >= 11 is 0. The van der Waals surface area contributed by atoms with E-state index >= 15 is 0 Å². The smallest absolute Gasteiger partial charge is 0.401 e. The van der Waals surface area contributed by atoms with Gasteiger partial charge >= 0.3 is 6.18 Å². The number of fused-ring (bicyclic) bond motifs is 1. The van der Waals surface area contributed by atoms with E-state index in [2.05, 4.69) is 5.32 Å². The third kappa shape index (κ3) is 3.80. The summed E-state index contributed by atoms with van der Waals surface area (Å²) in [6.45, 7) is 1.09. The molecule has 0 spiro atoms. The van der Waals surface area contributed by atoms with Gasteiger partial charge in [-0.2, -0.15) is 13.2 Å². The molecule has 2 atom stereocenters. The Morgan fingerprint density at radius 2 is 2.19 bits per heavy atom. The van der Waals surface area contributed by atoms with Crippen LogP contribution in [0.5, 0.6) is 0 Å². The van der Waals surface area contributed by atoms with E-state index in [9.17, 15) is 13.2 Å². The van der Waals surface area contributed by atoms with Gasteiger partial charge in [0.2, 0.25) is 0 Å². The Balaban J connectivity index is 1.47. The number of hydrogen-bond donors (Lipinski definition) is 1. The van der Waals surface area contributed by atoms with E-state index in [4.69, 9.17) is 4.42 Å². The maximum Gasteiger partial charge on any atom is 0.401 e. The SMILES string of the molecule is FC(F)(F)CN1CCC(CNC2CCCc3occc32)C1. The number of alkyl halides is 3. The first-order chi connectivity index (χ1) is 10.0. The van der Waals surface area contributed by atoms with Crippen molar-refractivity contribution in [1.82, 2.24) is 10.2 Å². The fraction of sp³-hybridized carbons (Fsp3) is 0.733. The first kappa shape index (κ1) is 14.9. The lowest BCUT2D eigenvalue weighted by atomic mass is 9.93. The zero-order chi connectivity index (χ0) is 14.9. The molecule has 2 unspecified atom stereocenters. The minimum atomic E-state index is -4.09. The molecule has 1 N–H and O–H groups in total. The van der Waals surface area contributed by atoms with Crippen LogP contribution in [0.3, 0.4) is 0 Å². The van der Waals surface area contributed by atoms with E-state index in [1.807, 2.05) is 6.07 Å². The molecule has 118 valence electrons. The van der Waals surface area contributed by atoms with Gasteiger partial charge in [0.15, 0.2) is 0 Å². The van der Waals surface area contributed by atoms with E-state index in [0.717, 1.165) is 38.0 Å². The minimum absolute atomic E-state index is 0.296. The van der Waals surface area contributed by atoms with Gasteiger partial charge in [-0.05, 0) is 44.3 Å². The average Bonchev–Trinajstić information content (AvgIpc) is 3.03. The molecule has 1 aromatic heterocycles. The predicted molar refractivity (Wildman–Crippen MR) is 73.0 cm³/mol. The largest absolute Gasteiger partial charge is 0.469 e. The van der Waals surface area contributed by atoms with Crippen molar-refractivity contribution in [3.8, 4) is 0 Å². The van der Waals surface area contributed by atoms with Crippen LogP contribution in [0.1, 0.15) is 36.6 Å². The molecule has 1 fully saturated rings. The van der Waals surface area contributed by atoms with Crippen molar-refractivity contribution in [3.05, 3.63) is 23.7 Å². The topological polar surface area (TPSA) is 28.4 Å². The molecule has 2 aliphatic rings. The Morgan fingerprint density at radius 3 is 3.00 bits per heavy atom. The molecule has 1 aliphatic carbocycles. The van der Waals surface area contributed by atoms with Crippen LogP contribution in [-0.2, 0) is 6.42 Å². The molecule has 0 radical (unpaired) electrons. The predicted octanol–water partition coefficient (Wildman–Crippen LogP) is 3.13. The van der Waals surface area contributed by atoms with Crippen molar-refractivity contribution in [2.45, 2.75) is 37.9 Å². The third-order valence-electron chi connectivity index (χ3n) is 4.48. The molecule has 6 heteroatoms. The molecule has 0 aromatic carbocycles. The molecule has 2 heterocycles. The second-order valence-electron chi connectivity index (χ2n) is 6.16. The van der Waals surface area contributed by atoms with Crippen LogP contribution in [0.15, 0.2) is 16.7 Å². The Hall–Kier alpha value is -1.01. The van der Waals surface area contributed by atoms with Crippen LogP contribution in [0, 0.1) is 5.92 Å². The third-order valence-corrected chi connectivity index (χ3v) is 4.48. The number of nitrogens with one attached hydrogen (secondary N) is 1. The lowest BCUT2D eigenvalue weighted by Crippen LogP contribution is -2.34. The van der Waals surface area contributed by atoms with E-state index in [-0.39, 0.29) is 0 Å². The van der Waals surface area contributed by atoms with E-state index in [1.54, 1.807) is 6.26 Å². The van der Waals surface area contributed by atoms with Gasteiger partial charge in [-0.3, -0.25) is 4.90 Å². The highest BCUT2D eigenvalue weighted by Crippen LogP contribution is 2.31. The summed E-state index contributed by atoms with van der Waals surface area (Å²) in [5, 5.41) is 3.52. The lowest BCUT2D eigenvalue weighted by Gasteiger charge is -2.24. The molecular weight excluding hydrogens is 281 g/mol. The summed E-state index contributed by atoms with van der Waals surface area (Å²) < 4.78 is 42.6. The molecule has 0 saturated carbocycles. The van der Waals surface area contributed by atoms with Crippen LogP contribution in [-0.4, -0.2) is 37.3 Å². The number of nitrogens with zero attached hydrogens (tertiary/aromatic N) is 1. The number of hydrogen-bond acceptors (Lipinski definition) is 3. The Morgan fingerprint density at radius 1 is 1.33 bits per heavy atom. The molecule has 3 nitrogen and oxygen atoms in total. The molecule has 1 aromatic rings. The lowest BCUT2D eigenvalue weighted by molar-refractivity contribution is -0.143. The van der Waals surface area contributed by atoms with Crippen LogP contribution in [0.4, 0.5) is 13.2 Å². The second kappa shape index (κ2) is 6.01. The van der Waals surface area contributed by atoms with Crippen LogP contribution < -0.4 is 5.32 Å². The Bertz CT molecular complexity index is 472. The highest BCUT2D eigenvalue weighted by Gasteiger charge is 2.34. The highest BCUT2D eigenvalue weighted by atomic mass is 19.4. The van der Waals surface area contributed by atoms with Gasteiger partial charge < -0.3 is 9.73 Å². The summed E-state index contributed by atoms with van der Waals surface area (Å²) in [6, 6.07) is 2.31. The second-order valence-corrected chi connectivity index (χ2v) is 6.16. The summed E-state index contributed by atoms with van der Waals surface area (Å²) in [6.07, 6.45) is 1.65. The normalized spacial score (nSPS) is 27.0. The molecule has 21 heavy (non-hydrogen) atoms. The molecule has 1 aliphatic heterocycles. The first-order valence-electron chi connectivity index (χ1n) is 7.60. The van der Waals surface area contributed by atoms with Gasteiger partial charge in [-0.15, -0.1) is 0 Å². The maximum atomic E-state index is 12.4. The number of furan rings is 1. The highest BCUT2D eigenvalue weighted by molar-refractivity contribution is 5.24. The van der Waals surface area contributed by atoms with Crippen molar-refractivity contribution < 1.29 is 17.6 Å². The van der Waals surface area contributed by atoms with Gasteiger partial charge in [0.1, 0.15) is 5.76 Å². The fourth-order valence-corrected chi connectivity index (χ4v) is 3.48. The number of likely N-dealkylation sites (tertiary alicyclic amines) is 1. The number of halogens is 3. The summed E-state index contributed by atoms with van der Waals surface area (Å²) in [5.41, 5.74) is 1.23. The molecule has 0 bridgehead atoms. The molecule has 0 amide bonds. The average molecular weight is 302 g/mol. The van der Waals surface area contributed by atoms with Crippen LogP contribution >= 0.6 is 0 Å². The summed E-state index contributed by atoms with van der Waals surface area (Å²) in [4.78, 5) is 1.51. The number of rotatable bonds is 4. The van der Waals surface area contributed by atoms with E-state index in [0.29, 0.717) is 25.0 Å². The van der Waals surface area contributed by atoms with Gasteiger partial charge in [-0.25, -0.2) is 0 Å². The van der Waals surface area contributed by atoms with Gasteiger partial charge in [0.05, 0.1) is 12.8 Å². The van der Waals surface area contributed by atoms with Crippen LogP contribution in [0.2, 0.25) is 0 Å². The molecule has 1 saturated heterocycles. The van der Waals surface area contributed by atoms with Crippen molar-refractivity contribution in [2.75, 3.05) is 26.2 Å². The van der Waals surface area contributed by atoms with Crippen LogP contribution in [0.25, 0.3) is 0 Å². The van der Waals surface area contributed by atoms with Crippen molar-refractivity contribution in [2.24, 2.45) is 5.92 Å². The molecule has 3 rings (SSSR count). The summed E-state index contributed by atoms with van der Waals surface area (Å²) in [5.74, 6) is 1.37. The van der Waals surface area contributed by atoms with Crippen molar-refractivity contribution in [1.29, 1.82) is 0 Å². The van der Waals surface area contributed by atoms with Gasteiger partial charge in [-0.1, -0.05) is 0 Å². The van der Waals surface area contributed by atoms with Gasteiger partial charge in [0, 0.05) is 24.6 Å². The Kier molecular flexibility index (Phi) is 4.26. The quantitative estimate of drug-likeness (QED) is 0.926. The first-order valence-corrected chi connectivity index (χ1v) is 7.60. The van der Waals surface area contributed by atoms with E-state index < -0.39 is 12.7 Å². The number of aryl methyl sites for hydroxylation is 1. The van der Waals surface area contributed by atoms with Gasteiger partial charge in [0.25, 0.3) is 0 Å². The summed E-state index contributed by atoms with van der Waals surface area (Å²) in [7, 11) is 0.